The van der Waals surface area contributed by atoms with Crippen LogP contribution in [-0.2, 0) is 6.18 Å². The van der Waals surface area contributed by atoms with Crippen molar-refractivity contribution in [2.45, 2.75) is 18.5 Å². The maximum atomic E-state index is 12.8. The highest BCUT2D eigenvalue weighted by Gasteiger charge is 2.38. The molecule has 0 fully saturated rings. The largest absolute Gasteiger partial charge is 0.416 e. The minimum atomic E-state index is -4.99. The predicted molar refractivity (Wildman–Crippen MR) is 102 cm³/mol. The molecule has 174 valence electrons. The third-order valence-corrected chi connectivity index (χ3v) is 4.39. The lowest BCUT2D eigenvalue weighted by Gasteiger charge is -2.15. The summed E-state index contributed by atoms with van der Waals surface area (Å²) in [5.41, 5.74) is -2.50. The van der Waals surface area contributed by atoms with Gasteiger partial charge in [0.15, 0.2) is 6.10 Å². The topological polar surface area (TPSA) is 97.1 Å². The first-order valence-electron chi connectivity index (χ1n) is 9.13. The van der Waals surface area contributed by atoms with Crippen molar-refractivity contribution in [1.82, 2.24) is 20.1 Å². The molecule has 33 heavy (non-hydrogen) atoms. The molecule has 3 aromatic rings. The van der Waals surface area contributed by atoms with Gasteiger partial charge in [0.1, 0.15) is 5.56 Å². The molecule has 0 bridgehead atoms. The molecule has 0 aliphatic carbocycles. The smallest absolute Gasteiger partial charge is 0.382 e. The molecule has 0 aliphatic heterocycles. The van der Waals surface area contributed by atoms with Crippen molar-refractivity contribution in [3.05, 3.63) is 76.3 Å². The number of pyridine rings is 1. The van der Waals surface area contributed by atoms with Crippen LogP contribution in [0.5, 0.6) is 0 Å². The molecular weight excluding hydrogens is 458 g/mol. The second-order valence-corrected chi connectivity index (χ2v) is 6.71. The number of nitrogens with zero attached hydrogens (tertiary/aromatic N) is 3. The average molecular weight is 472 g/mol. The quantitative estimate of drug-likeness (QED) is 0.557. The number of aliphatic hydroxyl groups excluding tert-OH is 1. The van der Waals surface area contributed by atoms with Crippen molar-refractivity contribution >= 4 is 5.91 Å². The number of benzene rings is 1. The molecule has 7 nitrogen and oxygen atoms in total. The number of carbonyl (C=O) groups excluding carboxylic acids is 1. The molecule has 13 heteroatoms. The van der Waals surface area contributed by atoms with Gasteiger partial charge in [0.2, 0.25) is 0 Å². The van der Waals surface area contributed by atoms with Crippen molar-refractivity contribution in [3.63, 3.8) is 0 Å². The van der Waals surface area contributed by atoms with Gasteiger partial charge in [-0.05, 0) is 30.3 Å². The van der Waals surface area contributed by atoms with Crippen molar-refractivity contribution in [2.75, 3.05) is 6.54 Å². The zero-order chi connectivity index (χ0) is 24.4. The fourth-order valence-corrected chi connectivity index (χ4v) is 2.68. The van der Waals surface area contributed by atoms with E-state index < -0.39 is 47.6 Å². The molecule has 0 spiro atoms. The van der Waals surface area contributed by atoms with Gasteiger partial charge < -0.3 is 10.4 Å². The molecule has 3 rings (SSSR count). The highest BCUT2D eigenvalue weighted by molar-refractivity contribution is 5.94. The van der Waals surface area contributed by atoms with Crippen LogP contribution in [0.15, 0.2) is 59.7 Å². The van der Waals surface area contributed by atoms with Crippen molar-refractivity contribution < 1.29 is 36.2 Å². The lowest BCUT2D eigenvalue weighted by atomic mass is 10.1. The van der Waals surface area contributed by atoms with E-state index >= 15 is 0 Å². The first-order chi connectivity index (χ1) is 15.4. The molecule has 2 aromatic heterocycles. The van der Waals surface area contributed by atoms with Gasteiger partial charge in [-0.25, -0.2) is 0 Å². The number of hydrogen-bond acceptors (Lipinski definition) is 5. The molecule has 1 aromatic carbocycles. The van der Waals surface area contributed by atoms with E-state index in [2.05, 4.69) is 10.1 Å². The molecule has 1 amide bonds. The van der Waals surface area contributed by atoms with Crippen LogP contribution in [0.4, 0.5) is 26.3 Å². The Hall–Kier alpha value is -3.74. The minimum absolute atomic E-state index is 0.0978. The summed E-state index contributed by atoms with van der Waals surface area (Å²) in [5, 5.41) is 14.9. The van der Waals surface area contributed by atoms with Crippen LogP contribution in [0.1, 0.15) is 15.9 Å². The molecule has 2 heterocycles. The average Bonchev–Trinajstić information content (AvgIpc) is 2.76. The van der Waals surface area contributed by atoms with Gasteiger partial charge in [-0.15, -0.1) is 0 Å². The van der Waals surface area contributed by atoms with Crippen LogP contribution < -0.4 is 10.9 Å². The van der Waals surface area contributed by atoms with Crippen molar-refractivity contribution in [3.8, 4) is 16.9 Å². The summed E-state index contributed by atoms with van der Waals surface area (Å²) < 4.78 is 76.8. The Morgan fingerprint density at radius 3 is 2.30 bits per heavy atom. The molecule has 1 atom stereocenters. The monoisotopic (exact) mass is 472 g/mol. The molecule has 0 aliphatic rings. The van der Waals surface area contributed by atoms with E-state index in [1.165, 1.54) is 24.5 Å². The van der Waals surface area contributed by atoms with Gasteiger partial charge in [-0.2, -0.15) is 36.1 Å². The summed E-state index contributed by atoms with van der Waals surface area (Å²) in [4.78, 5) is 29.1. The molecule has 0 saturated carbocycles. The first-order valence-corrected chi connectivity index (χ1v) is 9.13. The summed E-state index contributed by atoms with van der Waals surface area (Å²) in [6.07, 6.45) is -9.84. The van der Waals surface area contributed by atoms with Crippen LogP contribution >= 0.6 is 0 Å². The summed E-state index contributed by atoms with van der Waals surface area (Å²) in [6, 6.07) is 7.48. The zero-order valence-corrected chi connectivity index (χ0v) is 16.4. The van der Waals surface area contributed by atoms with Crippen LogP contribution in [0, 0.1) is 0 Å². The Labute approximate surface area is 181 Å². The van der Waals surface area contributed by atoms with Crippen molar-refractivity contribution in [1.29, 1.82) is 0 Å². The fourth-order valence-electron chi connectivity index (χ4n) is 2.68. The highest BCUT2D eigenvalue weighted by Crippen LogP contribution is 2.30. The Balaban J connectivity index is 2.06. The second-order valence-electron chi connectivity index (χ2n) is 6.71. The van der Waals surface area contributed by atoms with Gasteiger partial charge in [0.25, 0.3) is 11.5 Å². The molecule has 0 radical (unpaired) electrons. The zero-order valence-electron chi connectivity index (χ0n) is 16.4. The summed E-state index contributed by atoms with van der Waals surface area (Å²) >= 11 is 0. The van der Waals surface area contributed by atoms with Gasteiger partial charge in [0.05, 0.1) is 29.7 Å². The van der Waals surface area contributed by atoms with E-state index in [1.54, 1.807) is 0 Å². The number of rotatable bonds is 5. The third kappa shape index (κ3) is 5.55. The molecule has 0 saturated heterocycles. The summed E-state index contributed by atoms with van der Waals surface area (Å²) in [6.45, 7) is -1.22. The predicted octanol–water partition coefficient (Wildman–Crippen LogP) is 2.97. The van der Waals surface area contributed by atoms with Gasteiger partial charge in [0, 0.05) is 11.8 Å². The minimum Gasteiger partial charge on any atom is -0.382 e. The molecule has 2 N–H and O–H groups in total. The molecular formula is C20H14F6N4O3. The van der Waals surface area contributed by atoms with E-state index in [0.717, 1.165) is 35.0 Å². The van der Waals surface area contributed by atoms with Crippen LogP contribution in [-0.4, -0.2) is 44.6 Å². The number of halogens is 6. The maximum Gasteiger partial charge on any atom is 0.416 e. The maximum absolute atomic E-state index is 12.8. The number of aliphatic hydroxyl groups is 1. The lowest BCUT2D eigenvalue weighted by molar-refractivity contribution is -0.201. The Bertz CT molecular complexity index is 1190. The fraction of sp³-hybridized carbons (Fsp3) is 0.200. The first kappa shape index (κ1) is 23.9. The number of hydrogen-bond donors (Lipinski definition) is 2. The standard InChI is InChI=1S/C20H14F6N4O3/c21-19(22,23)12-5-3-11(4-6-12)15-8-14(17(32)28-10-16(31)20(24,25)26)18(33)30(29-15)13-2-1-7-27-9-13/h1-9,16,31H,10H2,(H,28,32)/t16-/m1/s1. The summed E-state index contributed by atoms with van der Waals surface area (Å²) in [7, 11) is 0. The van der Waals surface area contributed by atoms with Crippen LogP contribution in [0.3, 0.4) is 0 Å². The van der Waals surface area contributed by atoms with Gasteiger partial charge >= 0.3 is 12.4 Å². The highest BCUT2D eigenvalue weighted by atomic mass is 19.4. The van der Waals surface area contributed by atoms with E-state index in [1.807, 2.05) is 5.32 Å². The number of nitrogens with one attached hydrogen (secondary N) is 1. The van der Waals surface area contributed by atoms with Gasteiger partial charge in [-0.3, -0.25) is 14.6 Å². The number of carbonyl (C=O) groups is 1. The van der Waals surface area contributed by atoms with Gasteiger partial charge in [-0.1, -0.05) is 12.1 Å². The summed E-state index contributed by atoms with van der Waals surface area (Å²) in [5.74, 6) is -1.24. The van der Waals surface area contributed by atoms with E-state index in [4.69, 9.17) is 5.11 Å². The Morgan fingerprint density at radius 1 is 1.09 bits per heavy atom. The van der Waals surface area contributed by atoms with Crippen LogP contribution in [0.25, 0.3) is 16.9 Å². The third-order valence-electron chi connectivity index (χ3n) is 4.39. The van der Waals surface area contributed by atoms with E-state index in [9.17, 15) is 35.9 Å². The second kappa shape index (κ2) is 9.02. The lowest BCUT2D eigenvalue weighted by Crippen LogP contribution is -2.42. The Morgan fingerprint density at radius 2 is 1.76 bits per heavy atom. The Kier molecular flexibility index (Phi) is 6.53. The van der Waals surface area contributed by atoms with E-state index in [-0.39, 0.29) is 16.9 Å². The number of aromatic nitrogens is 3. The molecule has 0 unspecified atom stereocenters. The normalized spacial score (nSPS) is 12.9. The van der Waals surface area contributed by atoms with E-state index in [0.29, 0.717) is 0 Å². The SMILES string of the molecule is O=C(NC[C@@H](O)C(F)(F)F)c1cc(-c2ccc(C(F)(F)F)cc2)nn(-c2cccnc2)c1=O. The van der Waals surface area contributed by atoms with Crippen molar-refractivity contribution in [2.24, 2.45) is 0 Å². The van der Waals surface area contributed by atoms with Crippen LogP contribution in [0.2, 0.25) is 0 Å². The number of amides is 1. The number of alkyl halides is 6.